The standard InChI is InChI=1S/C12H15NO4/c14-11(9-4-2-1-3-5-9)10-8-13(12(15)16)6-7-17-10/h1-5,10-11,14H,6-8H2,(H,15,16)/t10-,11?/m1/s1. The first-order valence-corrected chi connectivity index (χ1v) is 5.51. The third kappa shape index (κ3) is 2.75. The second kappa shape index (κ2) is 5.16. The lowest BCUT2D eigenvalue weighted by Gasteiger charge is -2.33. The molecule has 1 aromatic carbocycles. The normalized spacial score (nSPS) is 22.2. The fourth-order valence-electron chi connectivity index (χ4n) is 1.91. The molecule has 2 rings (SSSR count). The molecule has 1 aliphatic rings. The lowest BCUT2D eigenvalue weighted by atomic mass is 10.0. The minimum absolute atomic E-state index is 0.200. The number of aliphatic hydroxyl groups excluding tert-OH is 1. The Kier molecular flexibility index (Phi) is 3.61. The van der Waals surface area contributed by atoms with Crippen LogP contribution in [0.1, 0.15) is 11.7 Å². The van der Waals surface area contributed by atoms with Crippen molar-refractivity contribution in [2.24, 2.45) is 0 Å². The van der Waals surface area contributed by atoms with Gasteiger partial charge < -0.3 is 19.8 Å². The van der Waals surface area contributed by atoms with Crippen LogP contribution in [0.25, 0.3) is 0 Å². The summed E-state index contributed by atoms with van der Waals surface area (Å²) in [6.45, 7) is 0.875. The maximum Gasteiger partial charge on any atom is 0.407 e. The molecule has 1 aliphatic heterocycles. The Morgan fingerprint density at radius 1 is 1.41 bits per heavy atom. The third-order valence-electron chi connectivity index (χ3n) is 2.86. The van der Waals surface area contributed by atoms with E-state index in [1.807, 2.05) is 18.2 Å². The fraction of sp³-hybridized carbons (Fsp3) is 0.417. The van der Waals surface area contributed by atoms with Crippen molar-refractivity contribution in [3.8, 4) is 0 Å². The number of morpholine rings is 1. The highest BCUT2D eigenvalue weighted by Gasteiger charge is 2.29. The summed E-state index contributed by atoms with van der Waals surface area (Å²) in [5, 5.41) is 19.0. The SMILES string of the molecule is O=C(O)N1CCO[C@@H](C(O)c2ccccc2)C1. The number of ether oxygens (including phenoxy) is 1. The summed E-state index contributed by atoms with van der Waals surface area (Å²) in [5.74, 6) is 0. The largest absolute Gasteiger partial charge is 0.465 e. The van der Waals surface area contributed by atoms with Crippen molar-refractivity contribution in [2.75, 3.05) is 19.7 Å². The van der Waals surface area contributed by atoms with Gasteiger partial charge >= 0.3 is 6.09 Å². The molecule has 0 radical (unpaired) electrons. The second-order valence-corrected chi connectivity index (χ2v) is 3.99. The van der Waals surface area contributed by atoms with Gasteiger partial charge in [-0.1, -0.05) is 30.3 Å². The summed E-state index contributed by atoms with van der Waals surface area (Å²) in [7, 11) is 0. The van der Waals surface area contributed by atoms with E-state index in [4.69, 9.17) is 9.84 Å². The number of hydrogen-bond acceptors (Lipinski definition) is 3. The number of carboxylic acid groups (broad SMARTS) is 1. The highest BCUT2D eigenvalue weighted by atomic mass is 16.5. The van der Waals surface area contributed by atoms with Gasteiger partial charge in [0.2, 0.25) is 0 Å². The van der Waals surface area contributed by atoms with Gasteiger partial charge in [-0.05, 0) is 5.56 Å². The van der Waals surface area contributed by atoms with Crippen molar-refractivity contribution in [3.63, 3.8) is 0 Å². The average molecular weight is 237 g/mol. The van der Waals surface area contributed by atoms with Gasteiger partial charge in [0.15, 0.2) is 0 Å². The molecule has 0 saturated carbocycles. The number of carbonyl (C=O) groups is 1. The molecule has 1 saturated heterocycles. The van der Waals surface area contributed by atoms with Crippen LogP contribution in [0.5, 0.6) is 0 Å². The quantitative estimate of drug-likeness (QED) is 0.808. The highest BCUT2D eigenvalue weighted by molar-refractivity contribution is 5.65. The van der Waals surface area contributed by atoms with Crippen LogP contribution in [-0.4, -0.2) is 47.0 Å². The summed E-state index contributed by atoms with van der Waals surface area (Å²) >= 11 is 0. The van der Waals surface area contributed by atoms with Crippen molar-refractivity contribution in [1.82, 2.24) is 4.90 Å². The van der Waals surface area contributed by atoms with Crippen molar-refractivity contribution in [3.05, 3.63) is 35.9 Å². The Hall–Kier alpha value is -1.59. The molecule has 1 amide bonds. The molecule has 2 atom stereocenters. The van der Waals surface area contributed by atoms with Crippen LogP contribution in [0.4, 0.5) is 4.79 Å². The van der Waals surface area contributed by atoms with Crippen LogP contribution < -0.4 is 0 Å². The summed E-state index contributed by atoms with van der Waals surface area (Å²) in [5.41, 5.74) is 0.740. The van der Waals surface area contributed by atoms with E-state index in [9.17, 15) is 9.90 Å². The Labute approximate surface area is 99.2 Å². The average Bonchev–Trinajstić information content (AvgIpc) is 2.39. The van der Waals surface area contributed by atoms with E-state index in [0.717, 1.165) is 5.56 Å². The predicted molar refractivity (Wildman–Crippen MR) is 60.7 cm³/mol. The molecule has 17 heavy (non-hydrogen) atoms. The molecule has 0 aliphatic carbocycles. The van der Waals surface area contributed by atoms with Crippen molar-refractivity contribution < 1.29 is 19.7 Å². The van der Waals surface area contributed by atoms with Crippen LogP contribution in [0.2, 0.25) is 0 Å². The molecule has 0 aromatic heterocycles. The van der Waals surface area contributed by atoms with E-state index in [0.29, 0.717) is 13.2 Å². The molecule has 1 heterocycles. The van der Waals surface area contributed by atoms with Gasteiger partial charge in [-0.3, -0.25) is 0 Å². The van der Waals surface area contributed by atoms with Crippen molar-refractivity contribution in [1.29, 1.82) is 0 Å². The van der Waals surface area contributed by atoms with Gasteiger partial charge in [0.1, 0.15) is 12.2 Å². The van der Waals surface area contributed by atoms with Gasteiger partial charge in [-0.15, -0.1) is 0 Å². The zero-order valence-electron chi connectivity index (χ0n) is 9.32. The van der Waals surface area contributed by atoms with E-state index >= 15 is 0 Å². The van der Waals surface area contributed by atoms with E-state index < -0.39 is 18.3 Å². The smallest absolute Gasteiger partial charge is 0.407 e. The van der Waals surface area contributed by atoms with Crippen LogP contribution in [0.15, 0.2) is 30.3 Å². The monoisotopic (exact) mass is 237 g/mol. The van der Waals surface area contributed by atoms with Crippen molar-refractivity contribution in [2.45, 2.75) is 12.2 Å². The third-order valence-corrected chi connectivity index (χ3v) is 2.86. The molecule has 0 bridgehead atoms. The highest BCUT2D eigenvalue weighted by Crippen LogP contribution is 2.21. The molecule has 1 fully saturated rings. The van der Waals surface area contributed by atoms with E-state index in [1.54, 1.807) is 12.1 Å². The maximum absolute atomic E-state index is 10.8. The maximum atomic E-state index is 10.8. The Bertz CT molecular complexity index is 381. The molecular weight excluding hydrogens is 222 g/mol. The zero-order chi connectivity index (χ0) is 12.3. The van der Waals surface area contributed by atoms with Gasteiger partial charge in [0, 0.05) is 6.54 Å². The number of benzene rings is 1. The van der Waals surface area contributed by atoms with Crippen LogP contribution in [0, 0.1) is 0 Å². The van der Waals surface area contributed by atoms with E-state index in [1.165, 1.54) is 4.90 Å². The summed E-state index contributed by atoms with van der Waals surface area (Å²) in [4.78, 5) is 12.1. The first-order valence-electron chi connectivity index (χ1n) is 5.51. The Balaban J connectivity index is 2.05. The molecule has 1 aromatic rings. The summed E-state index contributed by atoms with van der Waals surface area (Å²) < 4.78 is 5.42. The van der Waals surface area contributed by atoms with Gasteiger partial charge in [0.25, 0.3) is 0 Å². The fourth-order valence-corrected chi connectivity index (χ4v) is 1.91. The summed E-state index contributed by atoms with van der Waals surface area (Å²) in [6, 6.07) is 9.12. The number of amides is 1. The minimum Gasteiger partial charge on any atom is -0.465 e. The van der Waals surface area contributed by atoms with Crippen LogP contribution in [-0.2, 0) is 4.74 Å². The molecule has 92 valence electrons. The predicted octanol–water partition coefficient (Wildman–Crippen LogP) is 1.10. The first kappa shape index (κ1) is 11.9. The number of nitrogens with zero attached hydrogens (tertiary/aromatic N) is 1. The second-order valence-electron chi connectivity index (χ2n) is 3.99. The number of aliphatic hydroxyl groups is 1. The number of rotatable bonds is 2. The van der Waals surface area contributed by atoms with Gasteiger partial charge in [0.05, 0.1) is 13.2 Å². The van der Waals surface area contributed by atoms with E-state index in [2.05, 4.69) is 0 Å². The van der Waals surface area contributed by atoms with Crippen LogP contribution in [0.3, 0.4) is 0 Å². The first-order chi connectivity index (χ1) is 8.18. The topological polar surface area (TPSA) is 70.0 Å². The molecule has 5 heteroatoms. The summed E-state index contributed by atoms with van der Waals surface area (Å²) in [6.07, 6.45) is -2.26. The van der Waals surface area contributed by atoms with Crippen LogP contribution >= 0.6 is 0 Å². The van der Waals surface area contributed by atoms with Crippen molar-refractivity contribution >= 4 is 6.09 Å². The zero-order valence-corrected chi connectivity index (χ0v) is 9.32. The molecule has 0 spiro atoms. The lowest BCUT2D eigenvalue weighted by molar-refractivity contribution is -0.0835. The van der Waals surface area contributed by atoms with Gasteiger partial charge in [-0.25, -0.2) is 4.79 Å². The minimum atomic E-state index is -0.974. The molecular formula is C12H15NO4. The number of hydrogen-bond donors (Lipinski definition) is 2. The van der Waals surface area contributed by atoms with Gasteiger partial charge in [-0.2, -0.15) is 0 Å². The Morgan fingerprint density at radius 2 is 2.12 bits per heavy atom. The Morgan fingerprint density at radius 3 is 2.76 bits per heavy atom. The lowest BCUT2D eigenvalue weighted by Crippen LogP contribution is -2.47. The molecule has 2 N–H and O–H groups in total. The molecule has 1 unspecified atom stereocenters. The molecule has 5 nitrogen and oxygen atoms in total. The van der Waals surface area contributed by atoms with E-state index in [-0.39, 0.29) is 6.54 Å².